The van der Waals surface area contributed by atoms with Crippen LogP contribution in [0.15, 0.2) is 48.5 Å². The first kappa shape index (κ1) is 27.0. The molecule has 4 atom stereocenters. The first-order chi connectivity index (χ1) is 19.9. The fourth-order valence-electron chi connectivity index (χ4n) is 5.56. The number of aliphatic hydroxyl groups excluding tert-OH is 2. The number of phenolic OH excluding ortho intramolecular Hbond substituents is 8. The average Bonchev–Trinajstić information content (AvgIpc) is 2.92. The molecule has 0 saturated carbocycles. The Kier molecular flexibility index (Phi) is 6.24. The molecule has 0 spiro atoms. The van der Waals surface area contributed by atoms with Crippen LogP contribution in [0.1, 0.15) is 34.5 Å². The summed E-state index contributed by atoms with van der Waals surface area (Å²) in [6.45, 7) is 0. The standard InChI is InChI=1S/C30H26O12/c31-12-4-18(33)15-8-25(40)29(41-26(15)5-12)14-7-22(37)21(36)6-13(14)27-23(38)10-19(34)16-9-24(39)28(42-30(16)27)11-1-2-17(32)20(35)3-11/h1-7,10,24-25,28-29,31-40H,8-9H2/t24-,25-,28?,29?/m0/s1. The minimum atomic E-state index is -1.30. The van der Waals surface area contributed by atoms with Gasteiger partial charge in [-0.2, -0.15) is 0 Å². The summed E-state index contributed by atoms with van der Waals surface area (Å²) < 4.78 is 12.1. The number of ether oxygens (including phenoxy) is 2. The molecule has 4 aromatic rings. The van der Waals surface area contributed by atoms with Crippen LogP contribution in [0.3, 0.4) is 0 Å². The van der Waals surface area contributed by atoms with Crippen molar-refractivity contribution in [2.75, 3.05) is 0 Å². The third kappa shape index (κ3) is 4.33. The first-order valence-electron chi connectivity index (χ1n) is 12.8. The molecule has 0 amide bonds. The molecule has 4 aromatic carbocycles. The van der Waals surface area contributed by atoms with E-state index in [-0.39, 0.29) is 75.0 Å². The van der Waals surface area contributed by atoms with Gasteiger partial charge in [0.2, 0.25) is 0 Å². The van der Waals surface area contributed by atoms with Crippen molar-refractivity contribution in [1.29, 1.82) is 0 Å². The molecule has 12 heteroatoms. The predicted octanol–water partition coefficient (Wildman–Crippen LogP) is 3.07. The summed E-state index contributed by atoms with van der Waals surface area (Å²) in [6, 6.07) is 9.43. The Morgan fingerprint density at radius 2 is 1.19 bits per heavy atom. The number of rotatable bonds is 3. The molecule has 12 nitrogen and oxygen atoms in total. The van der Waals surface area contributed by atoms with Crippen molar-refractivity contribution < 1.29 is 60.5 Å². The van der Waals surface area contributed by atoms with Crippen LogP contribution in [0.25, 0.3) is 11.1 Å². The van der Waals surface area contributed by atoms with Crippen LogP contribution in [0, 0.1) is 0 Å². The molecule has 10 N–H and O–H groups in total. The highest BCUT2D eigenvalue weighted by Crippen LogP contribution is 2.54. The lowest BCUT2D eigenvalue weighted by Gasteiger charge is -2.35. The molecular formula is C30H26O12. The Balaban J connectivity index is 1.52. The molecule has 0 aliphatic carbocycles. The molecule has 2 heterocycles. The van der Waals surface area contributed by atoms with E-state index in [1.54, 1.807) is 0 Å². The van der Waals surface area contributed by atoms with Crippen LogP contribution >= 0.6 is 0 Å². The Morgan fingerprint density at radius 1 is 0.548 bits per heavy atom. The van der Waals surface area contributed by atoms with Gasteiger partial charge in [-0.15, -0.1) is 0 Å². The van der Waals surface area contributed by atoms with Crippen LogP contribution in [-0.2, 0) is 12.8 Å². The van der Waals surface area contributed by atoms with Gasteiger partial charge in [0.25, 0.3) is 0 Å². The van der Waals surface area contributed by atoms with E-state index in [1.807, 2.05) is 0 Å². The number of hydrogen-bond acceptors (Lipinski definition) is 12. The molecule has 0 fully saturated rings. The Hall–Kier alpha value is -5.20. The van der Waals surface area contributed by atoms with E-state index in [9.17, 15) is 51.1 Å². The average molecular weight is 579 g/mol. The van der Waals surface area contributed by atoms with Gasteiger partial charge in [-0.3, -0.25) is 0 Å². The number of phenols is 8. The molecule has 2 unspecified atom stereocenters. The van der Waals surface area contributed by atoms with Crippen molar-refractivity contribution in [3.63, 3.8) is 0 Å². The second kappa shape index (κ2) is 9.72. The summed E-state index contributed by atoms with van der Waals surface area (Å²) in [5, 5.41) is 105. The Labute approximate surface area is 237 Å². The number of aromatic hydroxyl groups is 8. The maximum absolute atomic E-state index is 11.1. The fraction of sp³-hybridized carbons (Fsp3) is 0.200. The van der Waals surface area contributed by atoms with Gasteiger partial charge < -0.3 is 60.5 Å². The zero-order valence-electron chi connectivity index (χ0n) is 21.6. The zero-order chi connectivity index (χ0) is 30.0. The quantitative estimate of drug-likeness (QED) is 0.159. The van der Waals surface area contributed by atoms with E-state index in [0.29, 0.717) is 0 Å². The van der Waals surface area contributed by atoms with Gasteiger partial charge in [-0.1, -0.05) is 6.07 Å². The molecule has 2 aliphatic rings. The minimum absolute atomic E-state index is 0.0274. The highest BCUT2D eigenvalue weighted by atomic mass is 16.5. The normalized spacial score (nSPS) is 21.1. The van der Waals surface area contributed by atoms with Gasteiger partial charge in [0.15, 0.2) is 29.1 Å². The molecule has 218 valence electrons. The van der Waals surface area contributed by atoms with Crippen LogP contribution in [0.4, 0.5) is 0 Å². The number of hydrogen-bond donors (Lipinski definition) is 10. The Bertz CT molecular complexity index is 1730. The smallest absolute Gasteiger partial charge is 0.158 e. The van der Waals surface area contributed by atoms with E-state index < -0.39 is 53.2 Å². The summed E-state index contributed by atoms with van der Waals surface area (Å²) in [6.07, 6.45) is -5.18. The van der Waals surface area contributed by atoms with Gasteiger partial charge >= 0.3 is 0 Å². The highest BCUT2D eigenvalue weighted by molar-refractivity contribution is 5.84. The molecule has 6 rings (SSSR count). The third-order valence-electron chi connectivity index (χ3n) is 7.58. The van der Waals surface area contributed by atoms with Crippen LogP contribution in [-0.4, -0.2) is 63.3 Å². The maximum atomic E-state index is 11.1. The first-order valence-corrected chi connectivity index (χ1v) is 12.8. The molecule has 0 radical (unpaired) electrons. The van der Waals surface area contributed by atoms with E-state index in [4.69, 9.17) is 9.47 Å². The molecular weight excluding hydrogens is 552 g/mol. The van der Waals surface area contributed by atoms with Crippen molar-refractivity contribution in [1.82, 2.24) is 0 Å². The SMILES string of the molecule is Oc1cc(O)c2c(c1)OC(c1cc(O)c(O)cc1-c1c(O)cc(O)c3c1OC(c1ccc(O)c(O)c1)[C@@H](O)C3)[C@@H](O)C2. The number of fused-ring (bicyclic) bond motifs is 2. The topological polar surface area (TPSA) is 221 Å². The van der Waals surface area contributed by atoms with Crippen LogP contribution in [0.2, 0.25) is 0 Å². The zero-order valence-corrected chi connectivity index (χ0v) is 21.6. The lowest BCUT2D eigenvalue weighted by Crippen LogP contribution is -2.31. The molecule has 0 aromatic heterocycles. The monoisotopic (exact) mass is 578 g/mol. The molecule has 0 bridgehead atoms. The van der Waals surface area contributed by atoms with E-state index in [1.165, 1.54) is 24.3 Å². The van der Waals surface area contributed by atoms with E-state index >= 15 is 0 Å². The fourth-order valence-corrected chi connectivity index (χ4v) is 5.56. The van der Waals surface area contributed by atoms with Crippen molar-refractivity contribution in [2.45, 2.75) is 37.3 Å². The number of aliphatic hydroxyl groups is 2. The van der Waals surface area contributed by atoms with Crippen molar-refractivity contribution in [2.24, 2.45) is 0 Å². The maximum Gasteiger partial charge on any atom is 0.158 e. The Morgan fingerprint density at radius 3 is 1.93 bits per heavy atom. The largest absolute Gasteiger partial charge is 0.508 e. The van der Waals surface area contributed by atoms with E-state index in [2.05, 4.69) is 0 Å². The van der Waals surface area contributed by atoms with Gasteiger partial charge in [0, 0.05) is 53.3 Å². The minimum Gasteiger partial charge on any atom is -0.508 e. The second-order valence-electron chi connectivity index (χ2n) is 10.3. The summed E-state index contributed by atoms with van der Waals surface area (Å²) in [5.41, 5.74) is 0.644. The molecule has 0 saturated heterocycles. The third-order valence-corrected chi connectivity index (χ3v) is 7.58. The van der Waals surface area contributed by atoms with Crippen molar-refractivity contribution in [3.8, 4) is 68.6 Å². The van der Waals surface area contributed by atoms with Gasteiger partial charge in [0.1, 0.15) is 40.6 Å². The van der Waals surface area contributed by atoms with E-state index in [0.717, 1.165) is 24.3 Å². The summed E-state index contributed by atoms with van der Waals surface area (Å²) >= 11 is 0. The summed E-state index contributed by atoms with van der Waals surface area (Å²) in [4.78, 5) is 0. The lowest BCUT2D eigenvalue weighted by atomic mass is 9.85. The molecule has 2 aliphatic heterocycles. The predicted molar refractivity (Wildman–Crippen MR) is 144 cm³/mol. The number of benzene rings is 4. The highest BCUT2D eigenvalue weighted by Gasteiger charge is 2.39. The van der Waals surface area contributed by atoms with Gasteiger partial charge in [-0.25, -0.2) is 0 Å². The van der Waals surface area contributed by atoms with Crippen LogP contribution in [0.5, 0.6) is 57.5 Å². The van der Waals surface area contributed by atoms with Gasteiger partial charge in [0.05, 0.1) is 17.8 Å². The summed E-state index contributed by atoms with van der Waals surface area (Å²) in [5.74, 6) is -3.54. The second-order valence-corrected chi connectivity index (χ2v) is 10.3. The molecule has 42 heavy (non-hydrogen) atoms. The summed E-state index contributed by atoms with van der Waals surface area (Å²) in [7, 11) is 0. The van der Waals surface area contributed by atoms with Gasteiger partial charge in [-0.05, 0) is 29.8 Å². The van der Waals surface area contributed by atoms with Crippen molar-refractivity contribution in [3.05, 3.63) is 70.8 Å². The lowest BCUT2D eigenvalue weighted by molar-refractivity contribution is 0.0189. The van der Waals surface area contributed by atoms with Crippen molar-refractivity contribution >= 4 is 0 Å². The van der Waals surface area contributed by atoms with Crippen LogP contribution < -0.4 is 9.47 Å².